The van der Waals surface area contributed by atoms with Gasteiger partial charge in [-0.1, -0.05) is 19.4 Å². The fourth-order valence-corrected chi connectivity index (χ4v) is 2.06. The van der Waals surface area contributed by atoms with E-state index in [2.05, 4.69) is 10.6 Å². The van der Waals surface area contributed by atoms with Crippen LogP contribution in [0.3, 0.4) is 0 Å². The van der Waals surface area contributed by atoms with Gasteiger partial charge < -0.3 is 10.4 Å². The minimum absolute atomic E-state index is 0.130. The topological polar surface area (TPSA) is 78.4 Å². The first-order chi connectivity index (χ1) is 9.11. The van der Waals surface area contributed by atoms with Crippen molar-refractivity contribution in [3.8, 4) is 5.75 Å². The molecule has 0 fully saturated rings. The van der Waals surface area contributed by atoms with E-state index in [0.29, 0.717) is 6.54 Å². The molecular weight excluding hydrogens is 264 g/mol. The minimum atomic E-state index is -0.463. The molecule has 0 heterocycles. The lowest BCUT2D eigenvalue weighted by Gasteiger charge is -2.06. The van der Waals surface area contributed by atoms with E-state index < -0.39 is 6.03 Å². The molecule has 0 saturated heterocycles. The third kappa shape index (κ3) is 6.71. The number of amides is 3. The van der Waals surface area contributed by atoms with Crippen molar-refractivity contribution in [1.29, 1.82) is 0 Å². The van der Waals surface area contributed by atoms with Crippen molar-refractivity contribution in [1.82, 2.24) is 10.6 Å². The normalized spacial score (nSPS) is 9.95. The van der Waals surface area contributed by atoms with Gasteiger partial charge in [-0.15, -0.1) is 11.8 Å². The minimum Gasteiger partial charge on any atom is -0.508 e. The van der Waals surface area contributed by atoms with Gasteiger partial charge in [0.25, 0.3) is 0 Å². The van der Waals surface area contributed by atoms with Gasteiger partial charge >= 0.3 is 6.03 Å². The highest BCUT2D eigenvalue weighted by Crippen LogP contribution is 2.21. The quantitative estimate of drug-likeness (QED) is 0.551. The predicted molar refractivity (Wildman–Crippen MR) is 75.3 cm³/mol. The summed E-state index contributed by atoms with van der Waals surface area (Å²) in [4.78, 5) is 23.6. The van der Waals surface area contributed by atoms with Crippen LogP contribution in [0.25, 0.3) is 0 Å². The van der Waals surface area contributed by atoms with Crippen molar-refractivity contribution >= 4 is 23.7 Å². The summed E-state index contributed by atoms with van der Waals surface area (Å²) in [6, 6.07) is 6.16. The second-order valence-electron chi connectivity index (χ2n) is 3.94. The monoisotopic (exact) mass is 282 g/mol. The zero-order valence-electron chi connectivity index (χ0n) is 10.8. The lowest BCUT2D eigenvalue weighted by molar-refractivity contribution is -0.117. The smallest absolute Gasteiger partial charge is 0.321 e. The zero-order valence-corrected chi connectivity index (χ0v) is 11.6. The van der Waals surface area contributed by atoms with Gasteiger partial charge in [0.2, 0.25) is 5.91 Å². The molecule has 3 amide bonds. The van der Waals surface area contributed by atoms with Crippen molar-refractivity contribution in [3.05, 3.63) is 24.3 Å². The zero-order chi connectivity index (χ0) is 14.1. The molecule has 1 rings (SSSR count). The Morgan fingerprint density at radius 2 is 2.16 bits per heavy atom. The van der Waals surface area contributed by atoms with Gasteiger partial charge in [-0.3, -0.25) is 10.1 Å². The Morgan fingerprint density at radius 3 is 2.84 bits per heavy atom. The van der Waals surface area contributed by atoms with Crippen LogP contribution in [0.15, 0.2) is 29.2 Å². The molecule has 0 aromatic heterocycles. The third-order valence-corrected chi connectivity index (χ3v) is 3.25. The van der Waals surface area contributed by atoms with Crippen LogP contribution in [0, 0.1) is 0 Å². The Hall–Kier alpha value is -1.69. The van der Waals surface area contributed by atoms with Crippen molar-refractivity contribution in [2.24, 2.45) is 0 Å². The number of rotatable bonds is 6. The highest BCUT2D eigenvalue weighted by molar-refractivity contribution is 8.00. The number of imide groups is 1. The maximum Gasteiger partial charge on any atom is 0.321 e. The number of carbonyl (C=O) groups excluding carboxylic acids is 2. The number of hydrogen-bond acceptors (Lipinski definition) is 4. The van der Waals surface area contributed by atoms with Gasteiger partial charge in [-0.25, -0.2) is 4.79 Å². The molecule has 0 radical (unpaired) electrons. The molecule has 1 aromatic rings. The summed E-state index contributed by atoms with van der Waals surface area (Å²) < 4.78 is 0. The highest BCUT2D eigenvalue weighted by Gasteiger charge is 2.07. The predicted octanol–water partition coefficient (Wildman–Crippen LogP) is 2.11. The molecule has 19 heavy (non-hydrogen) atoms. The first kappa shape index (κ1) is 15.4. The van der Waals surface area contributed by atoms with E-state index in [1.807, 2.05) is 6.92 Å². The summed E-state index contributed by atoms with van der Waals surface area (Å²) in [5, 5.41) is 14.1. The summed E-state index contributed by atoms with van der Waals surface area (Å²) in [6.45, 7) is 2.59. The molecule has 0 spiro atoms. The molecule has 0 aliphatic rings. The van der Waals surface area contributed by atoms with E-state index in [9.17, 15) is 14.7 Å². The maximum absolute atomic E-state index is 11.5. The van der Waals surface area contributed by atoms with Gasteiger partial charge in [0, 0.05) is 11.4 Å². The maximum atomic E-state index is 11.5. The third-order valence-electron chi connectivity index (χ3n) is 2.26. The SMILES string of the molecule is CCCCNC(=O)NC(=O)CSc1cccc(O)c1. The average Bonchev–Trinajstić information content (AvgIpc) is 2.37. The molecule has 0 aliphatic heterocycles. The summed E-state index contributed by atoms with van der Waals surface area (Å²) in [5.41, 5.74) is 0. The molecule has 3 N–H and O–H groups in total. The second kappa shape index (κ2) is 8.42. The highest BCUT2D eigenvalue weighted by atomic mass is 32.2. The Kier molecular flexibility index (Phi) is 6.81. The standard InChI is InChI=1S/C13H18N2O3S/c1-2-3-7-14-13(18)15-12(17)9-19-11-6-4-5-10(16)8-11/h4-6,8,16H,2-3,7,9H2,1H3,(H2,14,15,17,18). The molecule has 1 aromatic carbocycles. The number of urea groups is 1. The Balaban J connectivity index is 2.26. The molecule has 0 bridgehead atoms. The van der Waals surface area contributed by atoms with Crippen LogP contribution in [0.5, 0.6) is 5.75 Å². The Bertz CT molecular complexity index is 438. The molecule has 0 aliphatic carbocycles. The van der Waals surface area contributed by atoms with Crippen LogP contribution in [0.1, 0.15) is 19.8 Å². The molecule has 5 nitrogen and oxygen atoms in total. The fourth-order valence-electron chi connectivity index (χ4n) is 1.31. The largest absolute Gasteiger partial charge is 0.508 e. The van der Waals surface area contributed by atoms with E-state index in [0.717, 1.165) is 17.7 Å². The fraction of sp³-hybridized carbons (Fsp3) is 0.385. The van der Waals surface area contributed by atoms with Crippen molar-refractivity contribution in [2.75, 3.05) is 12.3 Å². The first-order valence-corrected chi connectivity index (χ1v) is 7.10. The summed E-state index contributed by atoms with van der Waals surface area (Å²) in [7, 11) is 0. The number of nitrogens with one attached hydrogen (secondary N) is 2. The van der Waals surface area contributed by atoms with Gasteiger partial charge in [0.05, 0.1) is 5.75 Å². The number of benzene rings is 1. The van der Waals surface area contributed by atoms with Crippen LogP contribution in [-0.4, -0.2) is 29.3 Å². The second-order valence-corrected chi connectivity index (χ2v) is 4.99. The van der Waals surface area contributed by atoms with E-state index in [1.165, 1.54) is 11.8 Å². The van der Waals surface area contributed by atoms with Crippen LogP contribution in [-0.2, 0) is 4.79 Å². The number of unbranched alkanes of at least 4 members (excludes halogenated alkanes) is 1. The van der Waals surface area contributed by atoms with E-state index in [1.54, 1.807) is 24.3 Å². The summed E-state index contributed by atoms with van der Waals surface area (Å²) >= 11 is 1.26. The average molecular weight is 282 g/mol. The molecule has 0 unspecified atom stereocenters. The van der Waals surface area contributed by atoms with Gasteiger partial charge in [-0.05, 0) is 24.6 Å². The number of aromatic hydroxyl groups is 1. The number of thioether (sulfide) groups is 1. The lowest BCUT2D eigenvalue weighted by Crippen LogP contribution is -2.40. The lowest BCUT2D eigenvalue weighted by atomic mass is 10.3. The Labute approximate surface area is 116 Å². The molecule has 6 heteroatoms. The first-order valence-electron chi connectivity index (χ1n) is 6.11. The molecular formula is C13H18N2O3S. The van der Waals surface area contributed by atoms with Gasteiger partial charge in [-0.2, -0.15) is 0 Å². The summed E-state index contributed by atoms with van der Waals surface area (Å²) in [5.74, 6) is -0.0740. The van der Waals surface area contributed by atoms with Crippen LogP contribution >= 0.6 is 11.8 Å². The molecule has 104 valence electrons. The van der Waals surface area contributed by atoms with Gasteiger partial charge in [0.15, 0.2) is 0 Å². The molecule has 0 atom stereocenters. The molecule has 0 saturated carbocycles. The number of phenols is 1. The Morgan fingerprint density at radius 1 is 1.37 bits per heavy atom. The van der Waals surface area contributed by atoms with Crippen molar-refractivity contribution < 1.29 is 14.7 Å². The van der Waals surface area contributed by atoms with Crippen molar-refractivity contribution in [3.63, 3.8) is 0 Å². The van der Waals surface area contributed by atoms with Crippen LogP contribution in [0.4, 0.5) is 4.79 Å². The summed E-state index contributed by atoms with van der Waals surface area (Å²) in [6.07, 6.45) is 1.88. The van der Waals surface area contributed by atoms with Crippen molar-refractivity contribution in [2.45, 2.75) is 24.7 Å². The van der Waals surface area contributed by atoms with Crippen LogP contribution in [0.2, 0.25) is 0 Å². The van der Waals surface area contributed by atoms with E-state index in [4.69, 9.17) is 0 Å². The van der Waals surface area contributed by atoms with E-state index >= 15 is 0 Å². The number of phenolic OH excluding ortho intramolecular Hbond substituents is 1. The number of hydrogen-bond donors (Lipinski definition) is 3. The van der Waals surface area contributed by atoms with Crippen LogP contribution < -0.4 is 10.6 Å². The van der Waals surface area contributed by atoms with Gasteiger partial charge in [0.1, 0.15) is 5.75 Å². The number of carbonyl (C=O) groups is 2. The van der Waals surface area contributed by atoms with E-state index in [-0.39, 0.29) is 17.4 Å².